The Labute approximate surface area is 154 Å². The molecule has 6 nitrogen and oxygen atoms in total. The molecular formula is C20H17FN2O4. The van der Waals surface area contributed by atoms with E-state index in [4.69, 9.17) is 4.74 Å². The van der Waals surface area contributed by atoms with Crippen LogP contribution < -0.4 is 9.64 Å². The minimum absolute atomic E-state index is 0.276. The molecule has 0 spiro atoms. The maximum atomic E-state index is 13.4. The first-order valence-electron chi connectivity index (χ1n) is 8.36. The van der Waals surface area contributed by atoms with Crippen LogP contribution in [0.3, 0.4) is 0 Å². The molecule has 0 N–H and O–H groups in total. The highest BCUT2D eigenvalue weighted by atomic mass is 19.1. The van der Waals surface area contributed by atoms with Gasteiger partial charge in [-0.2, -0.15) is 0 Å². The summed E-state index contributed by atoms with van der Waals surface area (Å²) in [4.78, 5) is 24.6. The van der Waals surface area contributed by atoms with Crippen LogP contribution in [0.15, 0.2) is 60.7 Å². The number of carbonyl (C=O) groups is 1. The van der Waals surface area contributed by atoms with Crippen molar-refractivity contribution in [3.05, 3.63) is 76.6 Å². The van der Waals surface area contributed by atoms with E-state index in [1.54, 1.807) is 0 Å². The van der Waals surface area contributed by atoms with Crippen LogP contribution in [-0.2, 0) is 4.79 Å². The number of halogens is 1. The average molecular weight is 368 g/mol. The largest absolute Gasteiger partial charge is 0.477 e. The second-order valence-corrected chi connectivity index (χ2v) is 5.79. The molecule has 138 valence electrons. The van der Waals surface area contributed by atoms with E-state index >= 15 is 0 Å². The van der Waals surface area contributed by atoms with Crippen LogP contribution >= 0.6 is 0 Å². The Kier molecular flexibility index (Phi) is 5.30. The molecule has 0 bridgehead atoms. The summed E-state index contributed by atoms with van der Waals surface area (Å²) in [6.07, 6.45) is 0. The van der Waals surface area contributed by atoms with Crippen molar-refractivity contribution in [3.63, 3.8) is 0 Å². The van der Waals surface area contributed by atoms with Crippen molar-refractivity contribution in [1.82, 2.24) is 0 Å². The second-order valence-electron chi connectivity index (χ2n) is 5.79. The third kappa shape index (κ3) is 3.87. The molecule has 0 unspecified atom stereocenters. The van der Waals surface area contributed by atoms with Gasteiger partial charge >= 0.3 is 5.69 Å². The van der Waals surface area contributed by atoms with Crippen LogP contribution in [0.4, 0.5) is 15.8 Å². The van der Waals surface area contributed by atoms with Gasteiger partial charge in [0.25, 0.3) is 5.91 Å². The van der Waals surface area contributed by atoms with Gasteiger partial charge < -0.3 is 9.64 Å². The van der Waals surface area contributed by atoms with Crippen LogP contribution in [-0.4, -0.2) is 24.0 Å². The lowest BCUT2D eigenvalue weighted by Gasteiger charge is -2.23. The van der Waals surface area contributed by atoms with E-state index in [0.717, 1.165) is 34.7 Å². The normalized spacial score (nSPS) is 10.6. The average Bonchev–Trinajstić information content (AvgIpc) is 2.67. The summed E-state index contributed by atoms with van der Waals surface area (Å²) in [5.74, 6) is -1.33. The predicted molar refractivity (Wildman–Crippen MR) is 101 cm³/mol. The summed E-state index contributed by atoms with van der Waals surface area (Å²) in [6.45, 7) is 1.77. The topological polar surface area (TPSA) is 72.7 Å². The van der Waals surface area contributed by atoms with Crippen LogP contribution in [0, 0.1) is 15.9 Å². The van der Waals surface area contributed by atoms with E-state index in [2.05, 4.69) is 0 Å². The summed E-state index contributed by atoms with van der Waals surface area (Å²) in [6, 6.07) is 16.2. The summed E-state index contributed by atoms with van der Waals surface area (Å²) < 4.78 is 18.7. The Bertz CT molecular complexity index is 1000. The van der Waals surface area contributed by atoms with Gasteiger partial charge in [0.15, 0.2) is 6.61 Å². The number of likely N-dealkylation sites (N-methyl/N-ethyl adjacent to an activating group) is 1. The van der Waals surface area contributed by atoms with Crippen molar-refractivity contribution >= 4 is 28.1 Å². The number of nitrogens with zero attached hydrogens (tertiary/aromatic N) is 2. The number of nitro groups is 1. The molecule has 0 aliphatic carbocycles. The predicted octanol–water partition coefficient (Wildman–Crippen LogP) is 4.32. The standard InChI is InChI=1S/C20H17FN2O4/c1-2-22(17-9-5-7-14-6-3-4-8-16(14)17)20(24)13-27-19-12-15(21)10-11-18(19)23(25)26/h3-12H,2,13H2,1H3. The Morgan fingerprint density at radius 1 is 1.15 bits per heavy atom. The highest BCUT2D eigenvalue weighted by molar-refractivity contribution is 6.04. The lowest BCUT2D eigenvalue weighted by atomic mass is 10.1. The molecule has 0 aliphatic heterocycles. The quantitative estimate of drug-likeness (QED) is 0.480. The molecule has 3 aromatic rings. The molecule has 0 aromatic heterocycles. The number of anilines is 1. The number of rotatable bonds is 6. The first kappa shape index (κ1) is 18.3. The van der Waals surface area contributed by atoms with Gasteiger partial charge in [-0.05, 0) is 24.4 Å². The van der Waals surface area contributed by atoms with Crippen molar-refractivity contribution in [1.29, 1.82) is 0 Å². The number of benzene rings is 3. The molecule has 0 saturated carbocycles. The third-order valence-corrected chi connectivity index (χ3v) is 4.14. The zero-order chi connectivity index (χ0) is 19.4. The van der Waals surface area contributed by atoms with Crippen LogP contribution in [0.1, 0.15) is 6.92 Å². The van der Waals surface area contributed by atoms with Crippen LogP contribution in [0.5, 0.6) is 5.75 Å². The summed E-state index contributed by atoms with van der Waals surface area (Å²) in [5, 5.41) is 12.9. The van der Waals surface area contributed by atoms with E-state index in [1.165, 1.54) is 4.90 Å². The molecule has 0 fully saturated rings. The number of fused-ring (bicyclic) bond motifs is 1. The first-order valence-corrected chi connectivity index (χ1v) is 8.36. The molecule has 0 atom stereocenters. The lowest BCUT2D eigenvalue weighted by Crippen LogP contribution is -2.35. The Morgan fingerprint density at radius 2 is 1.89 bits per heavy atom. The van der Waals surface area contributed by atoms with Crippen LogP contribution in [0.2, 0.25) is 0 Å². The van der Waals surface area contributed by atoms with Gasteiger partial charge in [0.1, 0.15) is 5.82 Å². The monoisotopic (exact) mass is 368 g/mol. The SMILES string of the molecule is CCN(C(=O)COc1cc(F)ccc1[N+](=O)[O-])c1cccc2ccccc12. The zero-order valence-corrected chi connectivity index (χ0v) is 14.6. The number of nitro benzene ring substituents is 1. The summed E-state index contributed by atoms with van der Waals surface area (Å²) >= 11 is 0. The fraction of sp³-hybridized carbons (Fsp3) is 0.150. The van der Waals surface area contributed by atoms with E-state index in [0.29, 0.717) is 6.54 Å². The molecule has 3 rings (SSSR count). The van der Waals surface area contributed by atoms with Crippen molar-refractivity contribution in [2.24, 2.45) is 0 Å². The van der Waals surface area contributed by atoms with Gasteiger partial charge in [0.2, 0.25) is 5.75 Å². The fourth-order valence-corrected chi connectivity index (χ4v) is 2.90. The zero-order valence-electron chi connectivity index (χ0n) is 14.6. The Hall–Kier alpha value is -3.48. The summed E-state index contributed by atoms with van der Waals surface area (Å²) in [5.41, 5.74) is 0.329. The number of carbonyl (C=O) groups excluding carboxylic acids is 1. The molecule has 0 aliphatic rings. The third-order valence-electron chi connectivity index (χ3n) is 4.14. The fourth-order valence-electron chi connectivity index (χ4n) is 2.90. The van der Waals surface area contributed by atoms with Crippen molar-refractivity contribution < 1.29 is 18.8 Å². The van der Waals surface area contributed by atoms with E-state index < -0.39 is 23.0 Å². The van der Waals surface area contributed by atoms with Gasteiger partial charge in [-0.1, -0.05) is 36.4 Å². The molecular weight excluding hydrogens is 351 g/mol. The lowest BCUT2D eigenvalue weighted by molar-refractivity contribution is -0.385. The highest BCUT2D eigenvalue weighted by Gasteiger charge is 2.20. The smallest absolute Gasteiger partial charge is 0.311 e. The van der Waals surface area contributed by atoms with Crippen molar-refractivity contribution in [2.75, 3.05) is 18.1 Å². The molecule has 0 heterocycles. The molecule has 27 heavy (non-hydrogen) atoms. The molecule has 3 aromatic carbocycles. The molecule has 0 radical (unpaired) electrons. The van der Waals surface area contributed by atoms with Gasteiger partial charge in [-0.25, -0.2) is 4.39 Å². The number of ether oxygens (including phenoxy) is 1. The summed E-state index contributed by atoms with van der Waals surface area (Å²) in [7, 11) is 0. The van der Waals surface area contributed by atoms with E-state index in [1.807, 2.05) is 49.4 Å². The molecule has 0 saturated heterocycles. The van der Waals surface area contributed by atoms with Crippen molar-refractivity contribution in [3.8, 4) is 5.75 Å². The number of hydrogen-bond acceptors (Lipinski definition) is 4. The maximum Gasteiger partial charge on any atom is 0.311 e. The van der Waals surface area contributed by atoms with E-state index in [9.17, 15) is 19.3 Å². The van der Waals surface area contributed by atoms with Crippen molar-refractivity contribution in [2.45, 2.75) is 6.92 Å². The first-order chi connectivity index (χ1) is 13.0. The second kappa shape index (κ2) is 7.82. The van der Waals surface area contributed by atoms with Crippen LogP contribution in [0.25, 0.3) is 10.8 Å². The van der Waals surface area contributed by atoms with Gasteiger partial charge in [-0.15, -0.1) is 0 Å². The van der Waals surface area contributed by atoms with E-state index in [-0.39, 0.29) is 11.7 Å². The molecule has 7 heteroatoms. The number of amides is 1. The highest BCUT2D eigenvalue weighted by Crippen LogP contribution is 2.29. The maximum absolute atomic E-state index is 13.4. The number of hydrogen-bond donors (Lipinski definition) is 0. The molecule has 1 amide bonds. The van der Waals surface area contributed by atoms with Gasteiger partial charge in [0.05, 0.1) is 10.6 Å². The minimum atomic E-state index is -0.679. The minimum Gasteiger partial charge on any atom is -0.477 e. The Morgan fingerprint density at radius 3 is 2.63 bits per heavy atom. The Balaban J connectivity index is 1.85. The van der Waals surface area contributed by atoms with Gasteiger partial charge in [-0.3, -0.25) is 14.9 Å². The van der Waals surface area contributed by atoms with Gasteiger partial charge in [0, 0.05) is 24.1 Å².